The van der Waals surface area contributed by atoms with E-state index in [1.165, 1.54) is 12.3 Å². The first-order valence-electron chi connectivity index (χ1n) is 5.92. The van der Waals surface area contributed by atoms with Crippen LogP contribution in [0.25, 0.3) is 0 Å². The maximum absolute atomic E-state index is 12.1. The molecule has 18 heavy (non-hydrogen) atoms. The van der Waals surface area contributed by atoms with E-state index in [1.807, 2.05) is 6.92 Å². The Hall–Kier alpha value is -0.890. The molecule has 1 atom stereocenters. The molecule has 0 spiro atoms. The molecule has 1 aromatic heterocycles. The number of hydrogen-bond acceptors (Lipinski definition) is 4. The van der Waals surface area contributed by atoms with Crippen molar-refractivity contribution in [3.05, 3.63) is 18.0 Å². The Morgan fingerprint density at radius 3 is 2.78 bits per heavy atom. The summed E-state index contributed by atoms with van der Waals surface area (Å²) < 4.78 is 31.8. The number of sulfonamides is 1. The maximum Gasteiger partial charge on any atom is 0.242 e. The normalized spacial score (nSPS) is 13.7. The van der Waals surface area contributed by atoms with Crippen LogP contribution in [0, 0.1) is 0 Å². The van der Waals surface area contributed by atoms with Gasteiger partial charge in [-0.05, 0) is 12.5 Å². The highest BCUT2D eigenvalue weighted by molar-refractivity contribution is 7.89. The number of hydrogen-bond donors (Lipinski definition) is 3. The highest BCUT2D eigenvalue weighted by Gasteiger charge is 2.20. The highest BCUT2D eigenvalue weighted by Crippen LogP contribution is 2.12. The second kappa shape index (κ2) is 6.89. The molecule has 1 heterocycles. The van der Waals surface area contributed by atoms with E-state index >= 15 is 0 Å². The number of nitrogens with two attached hydrogens (primary N) is 1. The van der Waals surface area contributed by atoms with Crippen molar-refractivity contribution in [1.82, 2.24) is 9.71 Å². The third-order valence-electron chi connectivity index (χ3n) is 2.57. The molecule has 0 aromatic carbocycles. The Bertz CT molecular complexity index is 450. The van der Waals surface area contributed by atoms with Crippen molar-refractivity contribution in [2.75, 3.05) is 13.7 Å². The van der Waals surface area contributed by atoms with Crippen molar-refractivity contribution in [1.29, 1.82) is 0 Å². The van der Waals surface area contributed by atoms with Gasteiger partial charge < -0.3 is 15.5 Å². The summed E-state index contributed by atoms with van der Waals surface area (Å²) in [4.78, 5) is 3.03. The van der Waals surface area contributed by atoms with Gasteiger partial charge in [0, 0.05) is 31.6 Å². The molecule has 6 nitrogen and oxygen atoms in total. The van der Waals surface area contributed by atoms with Crippen molar-refractivity contribution in [3.8, 4) is 0 Å². The summed E-state index contributed by atoms with van der Waals surface area (Å²) in [6.07, 6.45) is 3.07. The smallest absolute Gasteiger partial charge is 0.242 e. The predicted molar refractivity (Wildman–Crippen MR) is 69.6 cm³/mol. The minimum atomic E-state index is -3.51. The van der Waals surface area contributed by atoms with Crippen LogP contribution in [0.3, 0.4) is 0 Å². The van der Waals surface area contributed by atoms with Crippen LogP contribution < -0.4 is 10.5 Å². The molecule has 1 aromatic rings. The largest absolute Gasteiger partial charge is 0.383 e. The number of rotatable bonds is 8. The van der Waals surface area contributed by atoms with E-state index in [2.05, 4.69) is 9.71 Å². The minimum Gasteiger partial charge on any atom is -0.383 e. The molecule has 0 saturated heterocycles. The standard InChI is InChI=1S/C11H21N3O3S/c1-3-4-9(8-17-2)14-18(15,16)11-5-10(6-12)13-7-11/h5,7,9,13-14H,3-4,6,8,12H2,1-2H3. The number of H-pyrrole nitrogens is 1. The number of methoxy groups -OCH3 is 1. The topological polar surface area (TPSA) is 97.2 Å². The van der Waals surface area contributed by atoms with Crippen LogP contribution in [0.5, 0.6) is 0 Å². The maximum atomic E-state index is 12.1. The highest BCUT2D eigenvalue weighted by atomic mass is 32.2. The van der Waals surface area contributed by atoms with E-state index in [0.717, 1.165) is 12.8 Å². The minimum absolute atomic E-state index is 0.207. The van der Waals surface area contributed by atoms with Crippen LogP contribution in [-0.2, 0) is 21.3 Å². The first-order chi connectivity index (χ1) is 8.53. The van der Waals surface area contributed by atoms with Crippen LogP contribution in [0.15, 0.2) is 17.2 Å². The molecule has 0 aliphatic carbocycles. The van der Waals surface area contributed by atoms with E-state index in [0.29, 0.717) is 12.3 Å². The van der Waals surface area contributed by atoms with Gasteiger partial charge in [-0.25, -0.2) is 13.1 Å². The van der Waals surface area contributed by atoms with Gasteiger partial charge in [-0.15, -0.1) is 0 Å². The Balaban J connectivity index is 2.78. The molecule has 0 amide bonds. The summed E-state index contributed by atoms with van der Waals surface area (Å²) in [7, 11) is -1.95. The van der Waals surface area contributed by atoms with Crippen LogP contribution >= 0.6 is 0 Å². The van der Waals surface area contributed by atoms with Gasteiger partial charge in [0.05, 0.1) is 11.5 Å². The molecular weight excluding hydrogens is 254 g/mol. The predicted octanol–water partition coefficient (Wildman–Crippen LogP) is 0.567. The van der Waals surface area contributed by atoms with Gasteiger partial charge in [0.15, 0.2) is 0 Å². The summed E-state index contributed by atoms with van der Waals surface area (Å²) in [5.41, 5.74) is 6.13. The Morgan fingerprint density at radius 1 is 1.56 bits per heavy atom. The third-order valence-corrected chi connectivity index (χ3v) is 4.07. The van der Waals surface area contributed by atoms with Gasteiger partial charge in [0.2, 0.25) is 10.0 Å². The Kier molecular flexibility index (Phi) is 5.80. The first kappa shape index (κ1) is 15.2. The zero-order valence-electron chi connectivity index (χ0n) is 10.8. The van der Waals surface area contributed by atoms with Gasteiger partial charge in [0.25, 0.3) is 0 Å². The van der Waals surface area contributed by atoms with E-state index < -0.39 is 10.0 Å². The molecule has 0 bridgehead atoms. The fraction of sp³-hybridized carbons (Fsp3) is 0.636. The van der Waals surface area contributed by atoms with E-state index in [4.69, 9.17) is 10.5 Å². The number of aromatic amines is 1. The van der Waals surface area contributed by atoms with E-state index in [-0.39, 0.29) is 17.5 Å². The quantitative estimate of drug-likeness (QED) is 0.646. The monoisotopic (exact) mass is 275 g/mol. The fourth-order valence-electron chi connectivity index (χ4n) is 1.71. The van der Waals surface area contributed by atoms with Gasteiger partial charge in [0.1, 0.15) is 0 Å². The summed E-state index contributed by atoms with van der Waals surface area (Å²) >= 11 is 0. The molecular formula is C11H21N3O3S. The number of aromatic nitrogens is 1. The Morgan fingerprint density at radius 2 is 2.28 bits per heavy atom. The lowest BCUT2D eigenvalue weighted by Gasteiger charge is -2.16. The second-order valence-electron chi connectivity index (χ2n) is 4.13. The van der Waals surface area contributed by atoms with Crippen LogP contribution in [0.1, 0.15) is 25.5 Å². The Labute approximate surface area is 108 Å². The van der Waals surface area contributed by atoms with E-state index in [9.17, 15) is 8.42 Å². The molecule has 1 rings (SSSR count). The van der Waals surface area contributed by atoms with Crippen molar-refractivity contribution in [2.24, 2.45) is 5.73 Å². The fourth-order valence-corrected chi connectivity index (χ4v) is 2.98. The number of nitrogens with one attached hydrogen (secondary N) is 2. The zero-order chi connectivity index (χ0) is 13.6. The van der Waals surface area contributed by atoms with Crippen molar-refractivity contribution in [2.45, 2.75) is 37.2 Å². The summed E-state index contributed by atoms with van der Waals surface area (Å²) in [6.45, 7) is 2.65. The second-order valence-corrected chi connectivity index (χ2v) is 5.84. The average Bonchev–Trinajstić information content (AvgIpc) is 2.78. The number of ether oxygens (including phenoxy) is 1. The molecule has 0 saturated carbocycles. The molecule has 4 N–H and O–H groups in total. The summed E-state index contributed by atoms with van der Waals surface area (Å²) in [6, 6.07) is 1.33. The average molecular weight is 275 g/mol. The third kappa shape index (κ3) is 4.09. The molecule has 1 unspecified atom stereocenters. The summed E-state index contributed by atoms with van der Waals surface area (Å²) in [5.74, 6) is 0. The molecule has 104 valence electrons. The van der Waals surface area contributed by atoms with Crippen molar-refractivity contribution in [3.63, 3.8) is 0 Å². The van der Waals surface area contributed by atoms with Crippen molar-refractivity contribution < 1.29 is 13.2 Å². The van der Waals surface area contributed by atoms with Crippen LogP contribution in [-0.4, -0.2) is 33.2 Å². The lowest BCUT2D eigenvalue weighted by atomic mass is 10.2. The molecule has 0 radical (unpaired) electrons. The van der Waals surface area contributed by atoms with Gasteiger partial charge in [-0.1, -0.05) is 13.3 Å². The lowest BCUT2D eigenvalue weighted by Crippen LogP contribution is -2.37. The van der Waals surface area contributed by atoms with Crippen molar-refractivity contribution >= 4 is 10.0 Å². The first-order valence-corrected chi connectivity index (χ1v) is 7.40. The van der Waals surface area contributed by atoms with Gasteiger partial charge in [-0.2, -0.15) is 0 Å². The molecule has 0 aliphatic rings. The van der Waals surface area contributed by atoms with E-state index in [1.54, 1.807) is 7.11 Å². The van der Waals surface area contributed by atoms with Gasteiger partial charge >= 0.3 is 0 Å². The van der Waals surface area contributed by atoms with Crippen LogP contribution in [0.4, 0.5) is 0 Å². The van der Waals surface area contributed by atoms with Gasteiger partial charge in [-0.3, -0.25) is 0 Å². The lowest BCUT2D eigenvalue weighted by molar-refractivity contribution is 0.171. The molecule has 0 aliphatic heterocycles. The SMILES string of the molecule is CCCC(COC)NS(=O)(=O)c1c[nH]c(CN)c1. The zero-order valence-corrected chi connectivity index (χ0v) is 11.6. The summed E-state index contributed by atoms with van der Waals surface area (Å²) in [5, 5.41) is 0. The van der Waals surface area contributed by atoms with Crippen LogP contribution in [0.2, 0.25) is 0 Å². The molecule has 7 heteroatoms. The molecule has 0 fully saturated rings.